The minimum absolute atomic E-state index is 0.144. The minimum Gasteiger partial charge on any atom is -0.496 e. The van der Waals surface area contributed by atoms with E-state index in [0.29, 0.717) is 11.5 Å². The van der Waals surface area contributed by atoms with Crippen molar-refractivity contribution in [2.24, 2.45) is 5.92 Å². The fourth-order valence-corrected chi connectivity index (χ4v) is 3.21. The molecular formula is C16H16O6. The Morgan fingerprint density at radius 3 is 2.50 bits per heavy atom. The zero-order chi connectivity index (χ0) is 16.1. The quantitative estimate of drug-likeness (QED) is 0.772. The number of fused-ring (bicyclic) bond motifs is 1. The number of carbonyl (C=O) groups is 3. The first-order valence-corrected chi connectivity index (χ1v) is 6.99. The fraction of sp³-hybridized carbons (Fsp3) is 0.438. The molecule has 1 fully saturated rings. The van der Waals surface area contributed by atoms with E-state index < -0.39 is 23.1 Å². The maximum Gasteiger partial charge on any atom is 0.232 e. The third-order valence-electron chi connectivity index (χ3n) is 4.33. The van der Waals surface area contributed by atoms with E-state index in [-0.39, 0.29) is 29.9 Å². The highest BCUT2D eigenvalue weighted by Gasteiger charge is 2.60. The number of Topliss-reactive ketones (excluding diaryl/α,β-unsaturated/α-hetero) is 3. The lowest BCUT2D eigenvalue weighted by Gasteiger charge is -2.34. The summed E-state index contributed by atoms with van der Waals surface area (Å²) < 4.78 is 16.2. The zero-order valence-electron chi connectivity index (χ0n) is 12.6. The molecule has 1 heterocycles. The van der Waals surface area contributed by atoms with Gasteiger partial charge in [0.25, 0.3) is 0 Å². The van der Waals surface area contributed by atoms with Gasteiger partial charge >= 0.3 is 0 Å². The van der Waals surface area contributed by atoms with Gasteiger partial charge in [-0.2, -0.15) is 0 Å². The number of ketones is 3. The van der Waals surface area contributed by atoms with E-state index in [1.54, 1.807) is 19.1 Å². The number of carbonyl (C=O) groups excluding carboxylic acids is 3. The van der Waals surface area contributed by atoms with Crippen LogP contribution in [0.4, 0.5) is 0 Å². The summed E-state index contributed by atoms with van der Waals surface area (Å²) >= 11 is 0. The van der Waals surface area contributed by atoms with Gasteiger partial charge in [-0.05, 0) is 0 Å². The Kier molecular flexibility index (Phi) is 3.20. The smallest absolute Gasteiger partial charge is 0.232 e. The van der Waals surface area contributed by atoms with Crippen molar-refractivity contribution in [3.05, 3.63) is 17.7 Å². The van der Waals surface area contributed by atoms with Crippen molar-refractivity contribution in [1.29, 1.82) is 0 Å². The number of hydrogen-bond acceptors (Lipinski definition) is 6. The Balaban J connectivity index is 2.15. The highest BCUT2D eigenvalue weighted by atomic mass is 16.5. The molecule has 0 N–H and O–H groups in total. The topological polar surface area (TPSA) is 78.9 Å². The minimum atomic E-state index is -1.62. The van der Waals surface area contributed by atoms with Crippen molar-refractivity contribution < 1.29 is 28.6 Å². The summed E-state index contributed by atoms with van der Waals surface area (Å²) in [5.74, 6) is -0.585. The molecule has 1 saturated carbocycles. The van der Waals surface area contributed by atoms with E-state index in [9.17, 15) is 14.4 Å². The lowest BCUT2D eigenvalue weighted by Crippen LogP contribution is -2.57. The van der Waals surface area contributed by atoms with Gasteiger partial charge < -0.3 is 14.2 Å². The van der Waals surface area contributed by atoms with Crippen LogP contribution in [0.1, 0.15) is 30.1 Å². The summed E-state index contributed by atoms with van der Waals surface area (Å²) in [5, 5.41) is 0. The maximum absolute atomic E-state index is 12.9. The van der Waals surface area contributed by atoms with Crippen molar-refractivity contribution in [1.82, 2.24) is 0 Å². The standard InChI is InChI=1S/C16H16O6/c1-8-4-9(17)5-13(18)16(8)15(19)14-11(21-3)6-10(20-2)7-12(14)22-16/h6-8H,4-5H2,1-3H3/t8-,16-/m0/s1. The van der Waals surface area contributed by atoms with E-state index in [4.69, 9.17) is 14.2 Å². The lowest BCUT2D eigenvalue weighted by atomic mass is 9.72. The molecule has 1 aromatic carbocycles. The van der Waals surface area contributed by atoms with Crippen LogP contribution >= 0.6 is 0 Å². The van der Waals surface area contributed by atoms with Crippen molar-refractivity contribution in [3.8, 4) is 17.2 Å². The molecule has 1 aromatic rings. The van der Waals surface area contributed by atoms with Crippen LogP contribution in [0.3, 0.4) is 0 Å². The number of methoxy groups -OCH3 is 2. The highest BCUT2D eigenvalue weighted by molar-refractivity contribution is 6.26. The Labute approximate surface area is 127 Å². The summed E-state index contributed by atoms with van der Waals surface area (Å²) in [6, 6.07) is 3.13. The van der Waals surface area contributed by atoms with Crippen molar-refractivity contribution in [2.45, 2.75) is 25.4 Å². The second-order valence-electron chi connectivity index (χ2n) is 5.61. The fourth-order valence-electron chi connectivity index (χ4n) is 3.21. The van der Waals surface area contributed by atoms with Gasteiger partial charge in [0.15, 0.2) is 5.78 Å². The van der Waals surface area contributed by atoms with Gasteiger partial charge in [-0.1, -0.05) is 6.92 Å². The molecule has 6 heteroatoms. The van der Waals surface area contributed by atoms with E-state index in [0.717, 1.165) is 0 Å². The predicted molar refractivity (Wildman–Crippen MR) is 75.6 cm³/mol. The third kappa shape index (κ3) is 1.76. The molecule has 0 bridgehead atoms. The molecule has 0 unspecified atom stereocenters. The lowest BCUT2D eigenvalue weighted by molar-refractivity contribution is -0.143. The average molecular weight is 304 g/mol. The van der Waals surface area contributed by atoms with E-state index in [1.807, 2.05) is 0 Å². The molecular weight excluding hydrogens is 288 g/mol. The monoisotopic (exact) mass is 304 g/mol. The van der Waals surface area contributed by atoms with Gasteiger partial charge in [0, 0.05) is 24.5 Å². The van der Waals surface area contributed by atoms with Crippen molar-refractivity contribution in [3.63, 3.8) is 0 Å². The zero-order valence-corrected chi connectivity index (χ0v) is 12.6. The van der Waals surface area contributed by atoms with E-state index in [2.05, 4.69) is 0 Å². The van der Waals surface area contributed by atoms with Crippen LogP contribution in [0.15, 0.2) is 12.1 Å². The average Bonchev–Trinajstić information content (AvgIpc) is 2.78. The van der Waals surface area contributed by atoms with Crippen LogP contribution in [-0.2, 0) is 9.59 Å². The molecule has 3 rings (SSSR count). The second kappa shape index (κ2) is 4.83. The van der Waals surface area contributed by atoms with Gasteiger partial charge in [-0.25, -0.2) is 0 Å². The molecule has 1 aliphatic heterocycles. The normalized spacial score (nSPS) is 26.9. The van der Waals surface area contributed by atoms with Gasteiger partial charge in [0.05, 0.1) is 20.6 Å². The van der Waals surface area contributed by atoms with Crippen LogP contribution < -0.4 is 14.2 Å². The van der Waals surface area contributed by atoms with Gasteiger partial charge in [-0.3, -0.25) is 14.4 Å². The molecule has 1 spiro atoms. The highest BCUT2D eigenvalue weighted by Crippen LogP contribution is 2.48. The molecule has 0 amide bonds. The molecule has 2 atom stereocenters. The number of benzene rings is 1. The molecule has 2 aliphatic rings. The summed E-state index contributed by atoms with van der Waals surface area (Å²) in [7, 11) is 2.92. The summed E-state index contributed by atoms with van der Waals surface area (Å²) in [4.78, 5) is 36.9. The van der Waals surface area contributed by atoms with Crippen molar-refractivity contribution >= 4 is 17.3 Å². The van der Waals surface area contributed by atoms with E-state index >= 15 is 0 Å². The second-order valence-corrected chi connectivity index (χ2v) is 5.61. The summed E-state index contributed by atoms with van der Waals surface area (Å²) in [5.41, 5.74) is -1.38. The Bertz CT molecular complexity index is 692. The first-order valence-electron chi connectivity index (χ1n) is 6.99. The third-order valence-corrected chi connectivity index (χ3v) is 4.33. The van der Waals surface area contributed by atoms with Crippen LogP contribution in [0.25, 0.3) is 0 Å². The molecule has 0 saturated heterocycles. The van der Waals surface area contributed by atoms with Crippen LogP contribution in [-0.4, -0.2) is 37.2 Å². The molecule has 6 nitrogen and oxygen atoms in total. The first kappa shape index (κ1) is 14.6. The summed E-state index contributed by atoms with van der Waals surface area (Å²) in [6.07, 6.45) is -0.131. The number of ether oxygens (including phenoxy) is 3. The maximum atomic E-state index is 12.9. The summed E-state index contributed by atoms with van der Waals surface area (Å²) in [6.45, 7) is 1.68. The molecule has 22 heavy (non-hydrogen) atoms. The Morgan fingerprint density at radius 2 is 1.91 bits per heavy atom. The molecule has 1 aliphatic carbocycles. The molecule has 0 aromatic heterocycles. The number of rotatable bonds is 2. The van der Waals surface area contributed by atoms with Crippen LogP contribution in [0, 0.1) is 5.92 Å². The van der Waals surface area contributed by atoms with Gasteiger partial charge in [-0.15, -0.1) is 0 Å². The number of hydrogen-bond donors (Lipinski definition) is 0. The Morgan fingerprint density at radius 1 is 1.18 bits per heavy atom. The van der Waals surface area contributed by atoms with Crippen LogP contribution in [0.2, 0.25) is 0 Å². The van der Waals surface area contributed by atoms with Crippen molar-refractivity contribution in [2.75, 3.05) is 14.2 Å². The first-order chi connectivity index (χ1) is 10.4. The van der Waals surface area contributed by atoms with Crippen LogP contribution in [0.5, 0.6) is 17.2 Å². The van der Waals surface area contributed by atoms with Gasteiger partial charge in [0.1, 0.15) is 28.6 Å². The van der Waals surface area contributed by atoms with E-state index in [1.165, 1.54) is 14.2 Å². The van der Waals surface area contributed by atoms with Gasteiger partial charge in [0.2, 0.25) is 11.4 Å². The predicted octanol–water partition coefficient (Wildman–Crippen LogP) is 1.59. The molecule has 116 valence electrons. The Hall–Kier alpha value is -2.37. The largest absolute Gasteiger partial charge is 0.496 e. The SMILES string of the molecule is COc1cc(OC)c2c(c1)O[C@@]1(C(=O)CC(=O)C[C@@H]1C)C2=O. The molecule has 0 radical (unpaired) electrons.